The highest BCUT2D eigenvalue weighted by atomic mass is 35.5. The summed E-state index contributed by atoms with van der Waals surface area (Å²) in [6.07, 6.45) is 1.26. The summed E-state index contributed by atoms with van der Waals surface area (Å²) in [5.41, 5.74) is 2.69. The number of nitrogens with zero attached hydrogens (tertiary/aromatic N) is 2. The number of rotatable bonds is 5. The van der Waals surface area contributed by atoms with Crippen LogP contribution in [0.3, 0.4) is 0 Å². The number of hydrogen-bond acceptors (Lipinski definition) is 6. The predicted octanol–water partition coefficient (Wildman–Crippen LogP) is 5.90. The molecule has 2 amide bonds. The molecule has 1 heterocycles. The zero-order valence-electron chi connectivity index (χ0n) is 15.6. The molecule has 0 bridgehead atoms. The van der Waals surface area contributed by atoms with E-state index in [-0.39, 0.29) is 32.8 Å². The van der Waals surface area contributed by atoms with Crippen LogP contribution in [0.4, 0.5) is 10.7 Å². The fourth-order valence-electron chi connectivity index (χ4n) is 2.48. The molecule has 0 saturated heterocycles. The maximum atomic E-state index is 12.3. The number of hydrazone groups is 1. The summed E-state index contributed by atoms with van der Waals surface area (Å²) in [7, 11) is 1.16. The van der Waals surface area contributed by atoms with Gasteiger partial charge in [-0.05, 0) is 24.3 Å². The van der Waals surface area contributed by atoms with Crippen LogP contribution in [0.1, 0.15) is 15.9 Å². The third-order valence-electron chi connectivity index (χ3n) is 3.87. The van der Waals surface area contributed by atoms with Crippen molar-refractivity contribution in [1.29, 1.82) is 0 Å². The molecule has 0 aliphatic heterocycles. The lowest BCUT2D eigenvalue weighted by Gasteiger charge is -2.06. The van der Waals surface area contributed by atoms with Gasteiger partial charge in [-0.3, -0.25) is 5.32 Å². The Bertz CT molecular complexity index is 1140. The molecule has 0 atom stereocenters. The number of ether oxygens (including phenoxy) is 1. The van der Waals surface area contributed by atoms with Crippen molar-refractivity contribution in [1.82, 2.24) is 10.6 Å². The highest BCUT2D eigenvalue weighted by molar-refractivity contribution is 6.39. The number of methoxy groups -OCH3 is 1. The molecule has 0 unspecified atom stereocenters. The van der Waals surface area contributed by atoms with E-state index in [1.807, 2.05) is 0 Å². The van der Waals surface area contributed by atoms with E-state index in [9.17, 15) is 9.59 Å². The van der Waals surface area contributed by atoms with Crippen molar-refractivity contribution in [3.63, 3.8) is 0 Å². The first-order valence-corrected chi connectivity index (χ1v) is 9.91. The van der Waals surface area contributed by atoms with Gasteiger partial charge in [0.05, 0.1) is 33.4 Å². The molecule has 0 spiro atoms. The number of urea groups is 1. The zero-order chi connectivity index (χ0) is 22.5. The number of benzene rings is 2. The molecule has 2 aromatic carbocycles. The number of hydrogen-bond donors (Lipinski definition) is 2. The van der Waals surface area contributed by atoms with E-state index in [1.54, 1.807) is 36.4 Å². The van der Waals surface area contributed by atoms with Crippen molar-refractivity contribution in [2.75, 3.05) is 12.4 Å². The van der Waals surface area contributed by atoms with Gasteiger partial charge in [0.1, 0.15) is 5.69 Å². The summed E-state index contributed by atoms with van der Waals surface area (Å²) in [4.78, 5) is 24.5. The topological polar surface area (TPSA) is 106 Å². The van der Waals surface area contributed by atoms with Gasteiger partial charge >= 0.3 is 12.0 Å². The fourth-order valence-corrected chi connectivity index (χ4v) is 3.55. The first-order chi connectivity index (χ1) is 14.8. The number of amides is 2. The molecular weight excluding hydrogens is 490 g/mol. The molecule has 3 aromatic rings. The molecule has 31 heavy (non-hydrogen) atoms. The molecule has 0 aliphatic rings. The van der Waals surface area contributed by atoms with Crippen molar-refractivity contribution in [3.05, 3.63) is 67.6 Å². The minimum Gasteiger partial charge on any atom is -0.465 e. The van der Waals surface area contributed by atoms with E-state index in [0.29, 0.717) is 15.6 Å². The van der Waals surface area contributed by atoms with Gasteiger partial charge in [-0.1, -0.05) is 63.7 Å². The van der Waals surface area contributed by atoms with E-state index in [1.165, 1.54) is 6.21 Å². The predicted molar refractivity (Wildman–Crippen MR) is 120 cm³/mol. The Labute approximate surface area is 196 Å². The summed E-state index contributed by atoms with van der Waals surface area (Å²) < 4.78 is 9.89. The Morgan fingerprint density at radius 2 is 1.61 bits per heavy atom. The summed E-state index contributed by atoms with van der Waals surface area (Å²) in [6.45, 7) is 0. The van der Waals surface area contributed by atoms with Gasteiger partial charge in [-0.25, -0.2) is 15.0 Å². The minimum atomic E-state index is -0.836. The summed E-state index contributed by atoms with van der Waals surface area (Å²) in [5.74, 6) is -1.12. The average molecular weight is 502 g/mol. The van der Waals surface area contributed by atoms with Gasteiger partial charge in [0.25, 0.3) is 0 Å². The molecule has 1 aromatic heterocycles. The summed E-state index contributed by atoms with van der Waals surface area (Å²) in [6, 6.07) is 8.82. The van der Waals surface area contributed by atoms with Crippen LogP contribution in [0, 0.1) is 0 Å². The molecule has 0 aliphatic carbocycles. The second-order valence-corrected chi connectivity index (χ2v) is 7.41. The third kappa shape index (κ3) is 5.11. The molecule has 3 rings (SSSR count). The van der Waals surface area contributed by atoms with Crippen LogP contribution >= 0.6 is 46.4 Å². The van der Waals surface area contributed by atoms with Crippen molar-refractivity contribution >= 4 is 70.5 Å². The fraction of sp³-hybridized carbons (Fsp3) is 0.0526. The number of carbonyl (C=O) groups excluding carboxylic acids is 2. The Kier molecular flexibility index (Phi) is 7.40. The number of halogens is 4. The van der Waals surface area contributed by atoms with E-state index < -0.39 is 12.0 Å². The average Bonchev–Trinajstić information content (AvgIpc) is 3.12. The van der Waals surface area contributed by atoms with E-state index in [0.717, 1.165) is 7.11 Å². The second kappa shape index (κ2) is 10.0. The monoisotopic (exact) mass is 500 g/mol. The van der Waals surface area contributed by atoms with E-state index >= 15 is 0 Å². The van der Waals surface area contributed by atoms with Gasteiger partial charge in [-0.2, -0.15) is 5.10 Å². The Morgan fingerprint density at radius 1 is 1.03 bits per heavy atom. The number of anilines is 1. The van der Waals surface area contributed by atoms with Crippen molar-refractivity contribution in [3.8, 4) is 11.3 Å². The number of aromatic nitrogens is 1. The van der Waals surface area contributed by atoms with Gasteiger partial charge in [0.15, 0.2) is 5.56 Å². The van der Waals surface area contributed by atoms with Crippen LogP contribution in [-0.4, -0.2) is 30.5 Å². The zero-order valence-corrected chi connectivity index (χ0v) is 18.6. The quantitative estimate of drug-likeness (QED) is 0.257. The normalized spacial score (nSPS) is 10.9. The molecular formula is C19H12Cl4N4O4. The van der Waals surface area contributed by atoms with Crippen LogP contribution < -0.4 is 10.7 Å². The van der Waals surface area contributed by atoms with Gasteiger partial charge in [0, 0.05) is 11.1 Å². The van der Waals surface area contributed by atoms with Crippen LogP contribution in [0.5, 0.6) is 0 Å². The van der Waals surface area contributed by atoms with Crippen LogP contribution in [0.2, 0.25) is 20.1 Å². The standard InChI is InChI=1S/C19H12Cl4N4O4/c1-30-18(28)15-16(14-12(22)6-3-7-13(14)23)27-31-17(15)25-19(29)26-24-8-9-10(20)4-2-5-11(9)21/h2-8H,1H3,(H2,25,26,29). The van der Waals surface area contributed by atoms with E-state index in [2.05, 4.69) is 21.0 Å². The van der Waals surface area contributed by atoms with Crippen molar-refractivity contribution < 1.29 is 18.8 Å². The lowest BCUT2D eigenvalue weighted by Crippen LogP contribution is -2.25. The Morgan fingerprint density at radius 3 is 2.19 bits per heavy atom. The number of nitrogens with one attached hydrogen (secondary N) is 2. The first kappa shape index (κ1) is 22.9. The minimum absolute atomic E-state index is 0.00380. The maximum Gasteiger partial charge on any atom is 0.345 e. The highest BCUT2D eigenvalue weighted by Crippen LogP contribution is 2.38. The number of carbonyl (C=O) groups is 2. The SMILES string of the molecule is COC(=O)c1c(-c2c(Cl)cccc2Cl)noc1NC(=O)NN=Cc1c(Cl)cccc1Cl. The van der Waals surface area contributed by atoms with Crippen LogP contribution in [0.25, 0.3) is 11.3 Å². The molecule has 0 saturated carbocycles. The van der Waals surface area contributed by atoms with E-state index in [4.69, 9.17) is 55.7 Å². The Hall–Kier alpha value is -2.78. The molecule has 0 fully saturated rings. The number of esters is 1. The smallest absolute Gasteiger partial charge is 0.345 e. The van der Waals surface area contributed by atoms with Crippen molar-refractivity contribution in [2.45, 2.75) is 0 Å². The lowest BCUT2D eigenvalue weighted by molar-refractivity contribution is 0.0602. The molecule has 0 radical (unpaired) electrons. The lowest BCUT2D eigenvalue weighted by atomic mass is 10.1. The van der Waals surface area contributed by atoms with Crippen LogP contribution in [0.15, 0.2) is 46.0 Å². The molecule has 12 heteroatoms. The molecule has 8 nitrogen and oxygen atoms in total. The summed E-state index contributed by atoms with van der Waals surface area (Å²) >= 11 is 24.4. The maximum absolute atomic E-state index is 12.3. The van der Waals surface area contributed by atoms with Crippen LogP contribution in [-0.2, 0) is 4.74 Å². The van der Waals surface area contributed by atoms with Crippen molar-refractivity contribution in [2.24, 2.45) is 5.10 Å². The largest absolute Gasteiger partial charge is 0.465 e. The highest BCUT2D eigenvalue weighted by Gasteiger charge is 2.28. The van der Waals surface area contributed by atoms with Gasteiger partial charge in [-0.15, -0.1) is 0 Å². The molecule has 2 N–H and O–H groups in total. The Balaban J connectivity index is 1.85. The first-order valence-electron chi connectivity index (χ1n) is 8.40. The van der Waals surface area contributed by atoms with Gasteiger partial charge in [0.2, 0.25) is 5.88 Å². The van der Waals surface area contributed by atoms with Gasteiger partial charge < -0.3 is 9.26 Å². The molecule has 160 valence electrons. The third-order valence-corrected chi connectivity index (χ3v) is 5.16. The summed E-state index contributed by atoms with van der Waals surface area (Å²) in [5, 5.41) is 11.1. The second-order valence-electron chi connectivity index (χ2n) is 5.78.